The van der Waals surface area contributed by atoms with Gasteiger partial charge in [-0.05, 0) is 42.0 Å². The number of aryl methyl sites for hydroxylation is 1. The van der Waals surface area contributed by atoms with Crippen molar-refractivity contribution in [1.29, 1.82) is 0 Å². The van der Waals surface area contributed by atoms with E-state index in [9.17, 15) is 0 Å². The predicted octanol–water partition coefficient (Wildman–Crippen LogP) is 3.03. The number of thioether (sulfide) groups is 1. The van der Waals surface area contributed by atoms with Crippen LogP contribution in [0.5, 0.6) is 11.5 Å². The summed E-state index contributed by atoms with van der Waals surface area (Å²) >= 11 is 1.65. The van der Waals surface area contributed by atoms with Gasteiger partial charge in [-0.25, -0.2) is 9.67 Å². The first-order valence-corrected chi connectivity index (χ1v) is 10.1. The molecule has 0 saturated heterocycles. The van der Waals surface area contributed by atoms with Crippen molar-refractivity contribution in [3.05, 3.63) is 30.2 Å². The van der Waals surface area contributed by atoms with Gasteiger partial charge in [0.05, 0.1) is 17.6 Å². The monoisotopic (exact) mass is 386 g/mol. The van der Waals surface area contributed by atoms with Gasteiger partial charge in [0.15, 0.2) is 22.5 Å². The summed E-state index contributed by atoms with van der Waals surface area (Å²) in [6, 6.07) is 6.03. The average Bonchev–Trinajstić information content (AvgIpc) is 3.32. The molecule has 27 heavy (non-hydrogen) atoms. The van der Waals surface area contributed by atoms with E-state index >= 15 is 0 Å². The summed E-state index contributed by atoms with van der Waals surface area (Å²) in [6.07, 6.45) is 2.91. The molecule has 0 unspecified atom stereocenters. The third kappa shape index (κ3) is 3.64. The number of hydrogen-bond acceptors (Lipinski definition) is 7. The Hall–Kier alpha value is -2.55. The molecule has 2 aromatic heterocycles. The van der Waals surface area contributed by atoms with Gasteiger partial charge in [-0.3, -0.25) is 0 Å². The maximum absolute atomic E-state index is 5.71. The second-order valence-electron chi connectivity index (χ2n) is 6.14. The Morgan fingerprint density at radius 3 is 2.81 bits per heavy atom. The van der Waals surface area contributed by atoms with Crippen molar-refractivity contribution in [2.24, 2.45) is 0 Å². The zero-order chi connectivity index (χ0) is 18.6. The molecule has 0 N–H and O–H groups in total. The minimum absolute atomic E-state index is 0.580. The third-order valence-corrected chi connectivity index (χ3v) is 5.33. The molecule has 0 amide bonds. The third-order valence-electron chi connectivity index (χ3n) is 4.34. The standard InChI is InChI=1S/C18H22N6O2S/c1-3-7-24-17(20-21-22-24)12-27-18-19-11-14(23(18)4-2)13-5-6-15-16(10-13)26-9-8-25-15/h5-6,10-11H,3-4,7-9,12H2,1-2H3. The lowest BCUT2D eigenvalue weighted by atomic mass is 10.1. The Morgan fingerprint density at radius 1 is 1.15 bits per heavy atom. The van der Waals surface area contributed by atoms with Gasteiger partial charge in [0.1, 0.15) is 13.2 Å². The number of aromatic nitrogens is 6. The van der Waals surface area contributed by atoms with Crippen molar-refractivity contribution >= 4 is 11.8 Å². The SMILES string of the molecule is CCCn1nnnc1CSc1ncc(-c2ccc3c(c2)OCCO3)n1CC. The number of imidazole rings is 1. The van der Waals surface area contributed by atoms with Gasteiger partial charge in [0.2, 0.25) is 0 Å². The molecule has 0 spiro atoms. The second kappa shape index (κ2) is 7.99. The van der Waals surface area contributed by atoms with E-state index in [0.717, 1.165) is 53.2 Å². The Morgan fingerprint density at radius 2 is 2.00 bits per heavy atom. The highest BCUT2D eigenvalue weighted by Gasteiger charge is 2.17. The van der Waals surface area contributed by atoms with Crippen LogP contribution in [0, 0.1) is 0 Å². The van der Waals surface area contributed by atoms with Crippen molar-refractivity contribution in [2.75, 3.05) is 13.2 Å². The van der Waals surface area contributed by atoms with Gasteiger partial charge in [-0.15, -0.1) is 5.10 Å². The Bertz CT molecular complexity index is 922. The van der Waals surface area contributed by atoms with Gasteiger partial charge in [0.25, 0.3) is 0 Å². The van der Waals surface area contributed by atoms with E-state index in [1.165, 1.54) is 0 Å². The predicted molar refractivity (Wildman–Crippen MR) is 102 cm³/mol. The molecule has 8 nitrogen and oxygen atoms in total. The van der Waals surface area contributed by atoms with Gasteiger partial charge >= 0.3 is 0 Å². The molecule has 0 bridgehead atoms. The maximum Gasteiger partial charge on any atom is 0.168 e. The number of tetrazole rings is 1. The van der Waals surface area contributed by atoms with Crippen molar-refractivity contribution in [3.63, 3.8) is 0 Å². The zero-order valence-electron chi connectivity index (χ0n) is 15.5. The summed E-state index contributed by atoms with van der Waals surface area (Å²) in [7, 11) is 0. The van der Waals surface area contributed by atoms with E-state index in [2.05, 4.69) is 38.9 Å². The molecule has 9 heteroatoms. The maximum atomic E-state index is 5.71. The summed E-state index contributed by atoms with van der Waals surface area (Å²) in [5, 5.41) is 12.9. The smallest absolute Gasteiger partial charge is 0.168 e. The molecule has 0 atom stereocenters. The van der Waals surface area contributed by atoms with Crippen LogP contribution in [0.1, 0.15) is 26.1 Å². The Kier molecular flexibility index (Phi) is 5.28. The van der Waals surface area contributed by atoms with Crippen molar-refractivity contribution in [1.82, 2.24) is 29.8 Å². The minimum Gasteiger partial charge on any atom is -0.486 e. The van der Waals surface area contributed by atoms with Gasteiger partial charge in [-0.1, -0.05) is 18.7 Å². The number of ether oxygens (including phenoxy) is 2. The van der Waals surface area contributed by atoms with Crippen LogP contribution in [0.2, 0.25) is 0 Å². The van der Waals surface area contributed by atoms with Gasteiger partial charge in [0, 0.05) is 18.7 Å². The largest absolute Gasteiger partial charge is 0.486 e. The highest BCUT2D eigenvalue weighted by Crippen LogP contribution is 2.35. The lowest BCUT2D eigenvalue weighted by Gasteiger charge is -2.19. The van der Waals surface area contributed by atoms with Crippen LogP contribution >= 0.6 is 11.8 Å². The Balaban J connectivity index is 1.56. The first-order valence-electron chi connectivity index (χ1n) is 9.13. The van der Waals surface area contributed by atoms with Gasteiger partial charge in [-0.2, -0.15) is 0 Å². The summed E-state index contributed by atoms with van der Waals surface area (Å²) in [6.45, 7) is 7.06. The lowest BCUT2D eigenvalue weighted by Crippen LogP contribution is -2.15. The van der Waals surface area contributed by atoms with Crippen LogP contribution in [-0.4, -0.2) is 43.0 Å². The molecule has 1 aliphatic heterocycles. The number of rotatable bonds is 7. The molecule has 1 aliphatic rings. The molecule has 142 valence electrons. The number of benzene rings is 1. The number of nitrogens with zero attached hydrogens (tertiary/aromatic N) is 6. The van der Waals surface area contributed by atoms with Crippen molar-refractivity contribution in [2.45, 2.75) is 44.3 Å². The van der Waals surface area contributed by atoms with Crippen LogP contribution in [-0.2, 0) is 18.8 Å². The molecule has 0 saturated carbocycles. The number of fused-ring (bicyclic) bond motifs is 1. The fourth-order valence-corrected chi connectivity index (χ4v) is 4.03. The molecule has 1 aromatic carbocycles. The Labute approximate surface area is 161 Å². The van der Waals surface area contributed by atoms with E-state index in [4.69, 9.17) is 9.47 Å². The summed E-state index contributed by atoms with van der Waals surface area (Å²) in [5.74, 6) is 3.14. The molecule has 0 radical (unpaired) electrons. The van der Waals surface area contributed by atoms with E-state index < -0.39 is 0 Å². The van der Waals surface area contributed by atoms with E-state index in [-0.39, 0.29) is 0 Å². The fourth-order valence-electron chi connectivity index (χ4n) is 3.05. The molecule has 3 aromatic rings. The molecular formula is C18H22N6O2S. The first-order chi connectivity index (χ1) is 13.3. The topological polar surface area (TPSA) is 79.9 Å². The zero-order valence-corrected chi connectivity index (χ0v) is 16.3. The van der Waals surface area contributed by atoms with E-state index in [0.29, 0.717) is 19.0 Å². The molecule has 4 rings (SSSR count). The molecule has 0 fully saturated rings. The number of hydrogen-bond donors (Lipinski definition) is 0. The van der Waals surface area contributed by atoms with Crippen molar-refractivity contribution < 1.29 is 9.47 Å². The van der Waals surface area contributed by atoms with Crippen LogP contribution < -0.4 is 9.47 Å². The van der Waals surface area contributed by atoms with E-state index in [1.807, 2.05) is 29.1 Å². The highest BCUT2D eigenvalue weighted by atomic mass is 32.2. The molecular weight excluding hydrogens is 364 g/mol. The van der Waals surface area contributed by atoms with Gasteiger partial charge < -0.3 is 14.0 Å². The van der Waals surface area contributed by atoms with Crippen LogP contribution in [0.25, 0.3) is 11.3 Å². The minimum atomic E-state index is 0.580. The van der Waals surface area contributed by atoms with Crippen LogP contribution in [0.3, 0.4) is 0 Å². The first kappa shape index (κ1) is 17.8. The van der Waals surface area contributed by atoms with Crippen molar-refractivity contribution in [3.8, 4) is 22.8 Å². The quantitative estimate of drug-likeness (QED) is 0.577. The fraction of sp³-hybridized carbons (Fsp3) is 0.444. The second-order valence-corrected chi connectivity index (χ2v) is 7.08. The normalized spacial score (nSPS) is 13.1. The van der Waals surface area contributed by atoms with Crippen LogP contribution in [0.4, 0.5) is 0 Å². The summed E-state index contributed by atoms with van der Waals surface area (Å²) < 4.78 is 15.4. The molecule has 3 heterocycles. The van der Waals surface area contributed by atoms with Crippen LogP contribution in [0.15, 0.2) is 29.6 Å². The summed E-state index contributed by atoms with van der Waals surface area (Å²) in [4.78, 5) is 4.63. The average molecular weight is 386 g/mol. The lowest BCUT2D eigenvalue weighted by molar-refractivity contribution is 0.171. The summed E-state index contributed by atoms with van der Waals surface area (Å²) in [5.41, 5.74) is 2.13. The van der Waals surface area contributed by atoms with E-state index in [1.54, 1.807) is 11.8 Å². The molecule has 0 aliphatic carbocycles. The highest BCUT2D eigenvalue weighted by molar-refractivity contribution is 7.98.